The second kappa shape index (κ2) is 8.34. The predicted octanol–water partition coefficient (Wildman–Crippen LogP) is 1.33. The molecule has 23 heavy (non-hydrogen) atoms. The summed E-state index contributed by atoms with van der Waals surface area (Å²) in [6, 6.07) is 16.0. The Morgan fingerprint density at radius 2 is 1.70 bits per heavy atom. The summed E-state index contributed by atoms with van der Waals surface area (Å²) in [4.78, 5) is 13.3. The number of carbonyl (C=O) groups excluding carboxylic acids is 1. The Balaban J connectivity index is 1.77. The zero-order chi connectivity index (χ0) is 16.7. The van der Waals surface area contributed by atoms with Gasteiger partial charge in [0.05, 0.1) is 14.1 Å². The van der Waals surface area contributed by atoms with Crippen LogP contribution in [0.4, 0.5) is 0 Å². The summed E-state index contributed by atoms with van der Waals surface area (Å²) in [7, 11) is 4.26. The first-order valence-electron chi connectivity index (χ1n) is 7.86. The molecule has 2 aromatic rings. The molecule has 0 fully saturated rings. The van der Waals surface area contributed by atoms with E-state index in [0.717, 1.165) is 23.4 Å². The summed E-state index contributed by atoms with van der Waals surface area (Å²) >= 11 is 0. The molecular weight excluding hydrogens is 288 g/mol. The largest absolute Gasteiger partial charge is 0.484 e. The maximum Gasteiger partial charge on any atom is 0.258 e. The van der Waals surface area contributed by atoms with Crippen molar-refractivity contribution in [3.05, 3.63) is 65.2 Å². The van der Waals surface area contributed by atoms with Crippen LogP contribution in [0.1, 0.15) is 16.7 Å². The lowest BCUT2D eigenvalue weighted by Gasteiger charge is -2.10. The molecule has 122 valence electrons. The SMILES string of the molecule is Cc1ccccc1OCC(=O)NCc1ccc(C[NH+](C)C)cc1. The lowest BCUT2D eigenvalue weighted by molar-refractivity contribution is -0.872. The second-order valence-corrected chi connectivity index (χ2v) is 6.03. The van der Waals surface area contributed by atoms with E-state index in [-0.39, 0.29) is 12.5 Å². The Hall–Kier alpha value is -2.33. The highest BCUT2D eigenvalue weighted by atomic mass is 16.5. The molecule has 0 saturated heterocycles. The normalized spacial score (nSPS) is 10.6. The van der Waals surface area contributed by atoms with Crippen LogP contribution in [0, 0.1) is 6.92 Å². The zero-order valence-corrected chi connectivity index (χ0v) is 14.1. The first-order chi connectivity index (χ1) is 11.0. The number of amides is 1. The summed E-state index contributed by atoms with van der Waals surface area (Å²) in [5.41, 5.74) is 3.41. The second-order valence-electron chi connectivity index (χ2n) is 6.03. The molecule has 0 heterocycles. The van der Waals surface area contributed by atoms with Crippen LogP contribution < -0.4 is 15.0 Å². The number of hydrogen-bond acceptors (Lipinski definition) is 2. The maximum atomic E-state index is 11.9. The van der Waals surface area contributed by atoms with Gasteiger partial charge >= 0.3 is 0 Å². The van der Waals surface area contributed by atoms with E-state index in [0.29, 0.717) is 6.54 Å². The van der Waals surface area contributed by atoms with Gasteiger partial charge in [-0.05, 0) is 24.1 Å². The molecule has 4 nitrogen and oxygen atoms in total. The van der Waals surface area contributed by atoms with Crippen molar-refractivity contribution in [3.63, 3.8) is 0 Å². The Kier molecular flexibility index (Phi) is 6.18. The lowest BCUT2D eigenvalue weighted by Crippen LogP contribution is -3.04. The van der Waals surface area contributed by atoms with Crippen molar-refractivity contribution in [2.45, 2.75) is 20.0 Å². The number of rotatable bonds is 7. The molecule has 2 rings (SSSR count). The zero-order valence-electron chi connectivity index (χ0n) is 14.1. The lowest BCUT2D eigenvalue weighted by atomic mass is 10.1. The van der Waals surface area contributed by atoms with Gasteiger partial charge in [-0.15, -0.1) is 0 Å². The topological polar surface area (TPSA) is 42.8 Å². The third-order valence-electron chi connectivity index (χ3n) is 3.52. The third kappa shape index (κ3) is 5.75. The number of quaternary nitrogens is 1. The minimum Gasteiger partial charge on any atom is -0.484 e. The van der Waals surface area contributed by atoms with Gasteiger partial charge in [0.25, 0.3) is 5.91 Å². The van der Waals surface area contributed by atoms with Crippen LogP contribution in [0.5, 0.6) is 5.75 Å². The maximum absolute atomic E-state index is 11.9. The molecule has 0 atom stereocenters. The van der Waals surface area contributed by atoms with Gasteiger partial charge < -0.3 is 15.0 Å². The van der Waals surface area contributed by atoms with E-state index in [1.165, 1.54) is 10.5 Å². The third-order valence-corrected chi connectivity index (χ3v) is 3.52. The van der Waals surface area contributed by atoms with Gasteiger partial charge in [-0.1, -0.05) is 42.5 Å². The summed E-state index contributed by atoms with van der Waals surface area (Å²) in [6.07, 6.45) is 0. The molecule has 0 saturated carbocycles. The van der Waals surface area contributed by atoms with Crippen molar-refractivity contribution >= 4 is 5.91 Å². The van der Waals surface area contributed by atoms with Gasteiger partial charge in [0.2, 0.25) is 0 Å². The average molecular weight is 313 g/mol. The number of aryl methyl sites for hydroxylation is 1. The van der Waals surface area contributed by atoms with E-state index in [2.05, 4.69) is 43.7 Å². The Labute approximate surface area is 138 Å². The number of ether oxygens (including phenoxy) is 1. The van der Waals surface area contributed by atoms with E-state index < -0.39 is 0 Å². The summed E-state index contributed by atoms with van der Waals surface area (Å²) in [5.74, 6) is 0.633. The van der Waals surface area contributed by atoms with E-state index in [9.17, 15) is 4.79 Å². The van der Waals surface area contributed by atoms with Crippen LogP contribution in [0.25, 0.3) is 0 Å². The minimum atomic E-state index is -0.116. The highest BCUT2D eigenvalue weighted by Gasteiger charge is 2.05. The van der Waals surface area contributed by atoms with Crippen molar-refractivity contribution in [2.75, 3.05) is 20.7 Å². The summed E-state index contributed by atoms with van der Waals surface area (Å²) < 4.78 is 5.54. The fourth-order valence-electron chi connectivity index (χ4n) is 2.30. The van der Waals surface area contributed by atoms with Crippen molar-refractivity contribution < 1.29 is 14.4 Å². The monoisotopic (exact) mass is 313 g/mol. The van der Waals surface area contributed by atoms with Crippen molar-refractivity contribution in [2.24, 2.45) is 0 Å². The quantitative estimate of drug-likeness (QED) is 0.810. The highest BCUT2D eigenvalue weighted by molar-refractivity contribution is 5.77. The predicted molar refractivity (Wildman–Crippen MR) is 91.5 cm³/mol. The van der Waals surface area contributed by atoms with Crippen LogP contribution in [0.2, 0.25) is 0 Å². The fraction of sp³-hybridized carbons (Fsp3) is 0.316. The average Bonchev–Trinajstić information content (AvgIpc) is 2.53. The van der Waals surface area contributed by atoms with E-state index in [4.69, 9.17) is 4.74 Å². The molecule has 1 amide bonds. The van der Waals surface area contributed by atoms with Crippen LogP contribution in [-0.2, 0) is 17.9 Å². The first-order valence-corrected chi connectivity index (χ1v) is 7.86. The Morgan fingerprint density at radius 1 is 1.04 bits per heavy atom. The number of nitrogens with one attached hydrogen (secondary N) is 2. The molecule has 0 bridgehead atoms. The van der Waals surface area contributed by atoms with E-state index in [1.54, 1.807) is 0 Å². The number of para-hydroxylation sites is 1. The van der Waals surface area contributed by atoms with Crippen molar-refractivity contribution in [1.82, 2.24) is 5.32 Å². The van der Waals surface area contributed by atoms with Gasteiger partial charge in [0.15, 0.2) is 6.61 Å². The smallest absolute Gasteiger partial charge is 0.258 e. The van der Waals surface area contributed by atoms with Gasteiger partial charge in [-0.2, -0.15) is 0 Å². The molecule has 0 aliphatic heterocycles. The molecular formula is C19H25N2O2+. The fourth-order valence-corrected chi connectivity index (χ4v) is 2.30. The molecule has 0 aliphatic rings. The van der Waals surface area contributed by atoms with Crippen molar-refractivity contribution in [1.29, 1.82) is 0 Å². The molecule has 0 radical (unpaired) electrons. The number of carbonyl (C=O) groups is 1. The van der Waals surface area contributed by atoms with Gasteiger partial charge in [0, 0.05) is 12.1 Å². The molecule has 2 N–H and O–H groups in total. The first kappa shape index (κ1) is 17.0. The number of benzene rings is 2. The summed E-state index contributed by atoms with van der Waals surface area (Å²) in [5, 5.41) is 2.88. The molecule has 2 aromatic carbocycles. The number of hydrogen-bond donors (Lipinski definition) is 2. The summed E-state index contributed by atoms with van der Waals surface area (Å²) in [6.45, 7) is 3.51. The van der Waals surface area contributed by atoms with Gasteiger partial charge in [0.1, 0.15) is 12.3 Å². The van der Waals surface area contributed by atoms with Crippen molar-refractivity contribution in [3.8, 4) is 5.75 Å². The minimum absolute atomic E-state index is 0.0346. The Bertz CT molecular complexity index is 636. The van der Waals surface area contributed by atoms with Crippen LogP contribution in [0.15, 0.2) is 48.5 Å². The van der Waals surface area contributed by atoms with Gasteiger partial charge in [-0.25, -0.2) is 0 Å². The molecule has 4 heteroatoms. The van der Waals surface area contributed by atoms with Crippen LogP contribution in [-0.4, -0.2) is 26.6 Å². The molecule has 0 aromatic heterocycles. The molecule has 0 spiro atoms. The van der Waals surface area contributed by atoms with E-state index >= 15 is 0 Å². The van der Waals surface area contributed by atoms with Crippen LogP contribution in [0.3, 0.4) is 0 Å². The molecule has 0 unspecified atom stereocenters. The molecule has 0 aliphatic carbocycles. The highest BCUT2D eigenvalue weighted by Crippen LogP contribution is 2.15. The Morgan fingerprint density at radius 3 is 2.35 bits per heavy atom. The van der Waals surface area contributed by atoms with Gasteiger partial charge in [-0.3, -0.25) is 4.79 Å². The van der Waals surface area contributed by atoms with Crippen LogP contribution >= 0.6 is 0 Å². The standard InChI is InChI=1S/C19H24N2O2/c1-15-6-4-5-7-18(15)23-14-19(22)20-12-16-8-10-17(11-9-16)13-21(2)3/h4-11H,12-14H2,1-3H3,(H,20,22)/p+1. The van der Waals surface area contributed by atoms with E-state index in [1.807, 2.05) is 31.2 Å².